The van der Waals surface area contributed by atoms with Crippen molar-refractivity contribution in [3.8, 4) is 0 Å². The van der Waals surface area contributed by atoms with Gasteiger partial charge < -0.3 is 8.98 Å². The van der Waals surface area contributed by atoms with Crippen LogP contribution in [-0.4, -0.2) is 9.55 Å². The highest BCUT2D eigenvalue weighted by Crippen LogP contribution is 2.29. The van der Waals surface area contributed by atoms with Crippen LogP contribution < -0.4 is 0 Å². The molecule has 3 rings (SSSR count). The van der Waals surface area contributed by atoms with Gasteiger partial charge in [-0.15, -0.1) is 11.6 Å². The first-order chi connectivity index (χ1) is 9.95. The topological polar surface area (TPSA) is 31.0 Å². The van der Waals surface area contributed by atoms with Gasteiger partial charge in [-0.25, -0.2) is 9.37 Å². The predicted molar refractivity (Wildman–Crippen MR) is 81.5 cm³/mol. The zero-order chi connectivity index (χ0) is 15.1. The number of aryl methyl sites for hydroxylation is 1. The molecule has 0 amide bonds. The van der Waals surface area contributed by atoms with Crippen molar-refractivity contribution in [1.29, 1.82) is 0 Å². The molecule has 0 bridgehead atoms. The molecule has 0 saturated carbocycles. The minimum Gasteiger partial charge on any atom is -0.464 e. The molecular formula is C15H13Cl2FN2O. The Morgan fingerprint density at radius 3 is 2.76 bits per heavy atom. The van der Waals surface area contributed by atoms with Crippen molar-refractivity contribution in [3.63, 3.8) is 0 Å². The normalized spacial score (nSPS) is 13.0. The predicted octanol–water partition coefficient (Wildman–Crippen LogP) is 5.08. The molecule has 0 spiro atoms. The number of fused-ring (bicyclic) bond motifs is 1. The van der Waals surface area contributed by atoms with E-state index in [0.717, 1.165) is 11.5 Å². The molecule has 2 heterocycles. The van der Waals surface area contributed by atoms with Gasteiger partial charge in [-0.2, -0.15) is 0 Å². The molecule has 1 aromatic carbocycles. The second-order valence-electron chi connectivity index (χ2n) is 4.94. The molecule has 0 aliphatic heterocycles. The number of halogens is 3. The van der Waals surface area contributed by atoms with Crippen molar-refractivity contribution in [2.24, 2.45) is 0 Å². The fourth-order valence-corrected chi connectivity index (χ4v) is 2.66. The molecule has 0 aliphatic carbocycles. The number of aromatic nitrogens is 2. The summed E-state index contributed by atoms with van der Waals surface area (Å²) in [6.07, 6.45) is 0. The lowest BCUT2D eigenvalue weighted by Gasteiger charge is -2.09. The number of hydrogen-bond donors (Lipinski definition) is 0. The molecule has 3 nitrogen and oxygen atoms in total. The van der Waals surface area contributed by atoms with Crippen molar-refractivity contribution in [2.75, 3.05) is 0 Å². The van der Waals surface area contributed by atoms with E-state index in [0.29, 0.717) is 23.4 Å². The maximum absolute atomic E-state index is 13.8. The second kappa shape index (κ2) is 5.35. The summed E-state index contributed by atoms with van der Waals surface area (Å²) in [7, 11) is 0. The Hall–Kier alpha value is -1.52. The van der Waals surface area contributed by atoms with Crippen LogP contribution in [-0.2, 0) is 6.54 Å². The van der Waals surface area contributed by atoms with E-state index in [2.05, 4.69) is 4.98 Å². The maximum Gasteiger partial charge on any atom is 0.144 e. The Balaban J connectivity index is 2.17. The highest BCUT2D eigenvalue weighted by molar-refractivity contribution is 6.31. The van der Waals surface area contributed by atoms with Crippen LogP contribution in [0.25, 0.3) is 11.0 Å². The summed E-state index contributed by atoms with van der Waals surface area (Å²) < 4.78 is 21.2. The fraction of sp³-hybridized carbons (Fsp3) is 0.267. The number of alkyl halides is 1. The number of nitrogens with zero attached hydrogens (tertiary/aromatic N) is 2. The van der Waals surface area contributed by atoms with Gasteiger partial charge in [0.25, 0.3) is 0 Å². The van der Waals surface area contributed by atoms with Crippen molar-refractivity contribution in [2.45, 2.75) is 25.8 Å². The van der Waals surface area contributed by atoms with Crippen molar-refractivity contribution < 1.29 is 8.81 Å². The molecule has 0 N–H and O–H groups in total. The fourth-order valence-electron chi connectivity index (χ4n) is 2.33. The summed E-state index contributed by atoms with van der Waals surface area (Å²) in [5, 5.41) is -0.259. The summed E-state index contributed by atoms with van der Waals surface area (Å²) in [5.41, 5.74) is 1.26. The van der Waals surface area contributed by atoms with Crippen LogP contribution in [0.15, 0.2) is 28.7 Å². The average molecular weight is 327 g/mol. The van der Waals surface area contributed by atoms with E-state index >= 15 is 0 Å². The molecule has 0 fully saturated rings. The van der Waals surface area contributed by atoms with Crippen LogP contribution in [0.4, 0.5) is 4.39 Å². The van der Waals surface area contributed by atoms with E-state index in [1.807, 2.05) is 30.5 Å². The third-order valence-electron chi connectivity index (χ3n) is 3.29. The number of benzene rings is 1. The van der Waals surface area contributed by atoms with Gasteiger partial charge >= 0.3 is 0 Å². The summed E-state index contributed by atoms with van der Waals surface area (Å²) in [4.78, 5) is 4.46. The first kappa shape index (κ1) is 14.4. The van der Waals surface area contributed by atoms with Crippen molar-refractivity contribution >= 4 is 34.2 Å². The highest BCUT2D eigenvalue weighted by Gasteiger charge is 2.18. The van der Waals surface area contributed by atoms with Crippen molar-refractivity contribution in [3.05, 3.63) is 52.5 Å². The average Bonchev–Trinajstić information content (AvgIpc) is 2.96. The second-order valence-corrected chi connectivity index (χ2v) is 6.00. The number of hydrogen-bond acceptors (Lipinski definition) is 2. The third-order valence-corrected chi connectivity index (χ3v) is 3.77. The molecule has 6 heteroatoms. The van der Waals surface area contributed by atoms with Crippen molar-refractivity contribution in [1.82, 2.24) is 9.55 Å². The van der Waals surface area contributed by atoms with E-state index in [1.54, 1.807) is 0 Å². The molecule has 0 radical (unpaired) electrons. The smallest absolute Gasteiger partial charge is 0.144 e. The Morgan fingerprint density at radius 1 is 1.38 bits per heavy atom. The van der Waals surface area contributed by atoms with Crippen LogP contribution in [0.3, 0.4) is 0 Å². The van der Waals surface area contributed by atoms with Crippen LogP contribution >= 0.6 is 23.2 Å². The SMILES string of the molecule is Cc1ccc(Cn2c(C(C)Cl)nc3cc(Cl)c(F)cc32)o1. The number of imidazole rings is 1. The van der Waals surface area contributed by atoms with Gasteiger partial charge in [-0.3, -0.25) is 0 Å². The van der Waals surface area contributed by atoms with Gasteiger partial charge in [0.1, 0.15) is 23.2 Å². The Kier molecular flexibility index (Phi) is 3.68. The number of furan rings is 1. The molecule has 1 atom stereocenters. The third kappa shape index (κ3) is 2.65. The molecule has 0 aliphatic rings. The van der Waals surface area contributed by atoms with Gasteiger partial charge in [-0.05, 0) is 32.0 Å². The largest absolute Gasteiger partial charge is 0.464 e. The monoisotopic (exact) mass is 326 g/mol. The van der Waals surface area contributed by atoms with E-state index < -0.39 is 5.82 Å². The Bertz CT molecular complexity index is 807. The zero-order valence-electron chi connectivity index (χ0n) is 11.5. The zero-order valence-corrected chi connectivity index (χ0v) is 13.0. The number of rotatable bonds is 3. The Labute approximate surface area is 131 Å². The van der Waals surface area contributed by atoms with Gasteiger partial charge in [-0.1, -0.05) is 11.6 Å². The lowest BCUT2D eigenvalue weighted by atomic mass is 10.3. The van der Waals surface area contributed by atoms with Gasteiger partial charge in [0.05, 0.1) is 28.0 Å². The van der Waals surface area contributed by atoms with Crippen LogP contribution in [0.2, 0.25) is 5.02 Å². The standard InChI is InChI=1S/C15H13Cl2FN2O/c1-8-3-4-10(21-8)7-20-14-6-12(18)11(17)5-13(14)19-15(20)9(2)16/h3-6,9H,7H2,1-2H3. The summed E-state index contributed by atoms with van der Waals surface area (Å²) in [6.45, 7) is 4.14. The van der Waals surface area contributed by atoms with E-state index in [1.165, 1.54) is 12.1 Å². The molecule has 110 valence electrons. The molecule has 21 heavy (non-hydrogen) atoms. The lowest BCUT2D eigenvalue weighted by molar-refractivity contribution is 0.468. The quantitative estimate of drug-likeness (QED) is 0.628. The molecule has 0 saturated heterocycles. The van der Waals surface area contributed by atoms with E-state index in [9.17, 15) is 4.39 Å². The van der Waals surface area contributed by atoms with Gasteiger partial charge in [0.15, 0.2) is 0 Å². The van der Waals surface area contributed by atoms with Crippen LogP contribution in [0, 0.1) is 12.7 Å². The first-order valence-electron chi connectivity index (χ1n) is 6.50. The summed E-state index contributed by atoms with van der Waals surface area (Å²) >= 11 is 12.0. The Morgan fingerprint density at radius 2 is 2.14 bits per heavy atom. The molecule has 1 unspecified atom stereocenters. The molecule has 3 aromatic rings. The van der Waals surface area contributed by atoms with Crippen LogP contribution in [0.5, 0.6) is 0 Å². The minimum absolute atomic E-state index is 0.0507. The highest BCUT2D eigenvalue weighted by atomic mass is 35.5. The maximum atomic E-state index is 13.8. The first-order valence-corrected chi connectivity index (χ1v) is 7.31. The van der Waals surface area contributed by atoms with E-state index in [-0.39, 0.29) is 10.4 Å². The van der Waals surface area contributed by atoms with E-state index in [4.69, 9.17) is 27.6 Å². The summed E-state index contributed by atoms with van der Waals surface area (Å²) in [6, 6.07) is 6.66. The van der Waals surface area contributed by atoms with Gasteiger partial charge in [0, 0.05) is 6.07 Å². The minimum atomic E-state index is -0.477. The van der Waals surface area contributed by atoms with Gasteiger partial charge in [0.2, 0.25) is 0 Å². The summed E-state index contributed by atoms with van der Waals surface area (Å²) in [5.74, 6) is 1.77. The molecular weight excluding hydrogens is 314 g/mol. The van der Waals surface area contributed by atoms with Crippen LogP contribution in [0.1, 0.15) is 29.6 Å². The lowest BCUT2D eigenvalue weighted by Crippen LogP contribution is -2.05. The molecule has 2 aromatic heterocycles.